The van der Waals surface area contributed by atoms with E-state index in [1.165, 1.54) is 43.9 Å². The summed E-state index contributed by atoms with van der Waals surface area (Å²) in [6, 6.07) is 7.91. The Balaban J connectivity index is 1.94. The molecule has 0 fully saturated rings. The molecule has 0 saturated heterocycles. The van der Waals surface area contributed by atoms with Crippen molar-refractivity contribution in [1.29, 1.82) is 0 Å². The average molecular weight is 510 g/mol. The third-order valence-electron chi connectivity index (χ3n) is 6.71. The van der Waals surface area contributed by atoms with Crippen molar-refractivity contribution in [3.05, 3.63) is 66.4 Å². The molecule has 37 heavy (non-hydrogen) atoms. The topological polar surface area (TPSA) is 103 Å². The van der Waals surface area contributed by atoms with E-state index in [2.05, 4.69) is 64.7 Å². The van der Waals surface area contributed by atoms with Crippen LogP contribution in [-0.4, -0.2) is 64.2 Å². The summed E-state index contributed by atoms with van der Waals surface area (Å²) in [4.78, 5) is 28.7. The van der Waals surface area contributed by atoms with Crippen molar-refractivity contribution in [2.75, 3.05) is 32.7 Å². The van der Waals surface area contributed by atoms with Crippen LogP contribution in [0.15, 0.2) is 54.4 Å². The number of amides is 1. The second-order valence-corrected chi connectivity index (χ2v) is 9.52. The Morgan fingerprint density at radius 1 is 1.19 bits per heavy atom. The summed E-state index contributed by atoms with van der Waals surface area (Å²) in [6.45, 7) is 16.1. The van der Waals surface area contributed by atoms with Crippen molar-refractivity contribution in [2.24, 2.45) is 16.6 Å². The number of aromatic nitrogens is 2. The second-order valence-electron chi connectivity index (χ2n) is 9.52. The number of benzene rings is 1. The first-order chi connectivity index (χ1) is 18.0. The average Bonchev–Trinajstić information content (AvgIpc) is 3.42. The Bertz CT molecular complexity index is 924. The summed E-state index contributed by atoms with van der Waals surface area (Å²) in [5.74, 6) is 1.65. The number of imidazole rings is 1. The van der Waals surface area contributed by atoms with Crippen molar-refractivity contribution < 1.29 is 4.79 Å². The summed E-state index contributed by atoms with van der Waals surface area (Å²) >= 11 is 0. The Hall–Kier alpha value is -2.97. The molecule has 0 aliphatic rings. The molecule has 8 nitrogen and oxygen atoms in total. The Morgan fingerprint density at radius 3 is 2.59 bits per heavy atom. The van der Waals surface area contributed by atoms with Gasteiger partial charge in [-0.15, -0.1) is 0 Å². The van der Waals surface area contributed by atoms with Crippen LogP contribution >= 0.6 is 0 Å². The predicted octanol–water partition coefficient (Wildman–Crippen LogP) is 4.57. The van der Waals surface area contributed by atoms with E-state index >= 15 is 0 Å². The van der Waals surface area contributed by atoms with Crippen LogP contribution in [0.2, 0.25) is 0 Å². The van der Waals surface area contributed by atoms with E-state index in [1.807, 2.05) is 12.1 Å². The number of unbranched alkanes of at least 4 members (excludes halogenated alkanes) is 1. The number of hydrogen-bond acceptors (Lipinski definition) is 5. The molecule has 0 saturated carbocycles. The zero-order valence-corrected chi connectivity index (χ0v) is 23.1. The molecule has 1 unspecified atom stereocenters. The Labute approximate surface area is 223 Å². The van der Waals surface area contributed by atoms with Gasteiger partial charge in [-0.2, -0.15) is 0 Å². The van der Waals surface area contributed by atoms with Gasteiger partial charge < -0.3 is 20.9 Å². The molecule has 4 N–H and O–H groups in total. The standard InChI is InChI=1S/C29H47N7O/c1-5-9-16-31-17-14-24(6-2)15-20-35(8-4)21-25-10-12-26(13-11-25)29(37)36(22-27(30)32-7-3)23-28-33-18-19-34-28/h7,10-13,18-19,24,31H,3,5-6,8-9,14-17,20-23H2,1-2,4H3,(H2,30,32)(H,33,34). The van der Waals surface area contributed by atoms with Gasteiger partial charge in [-0.1, -0.05) is 52.3 Å². The largest absolute Gasteiger partial charge is 0.386 e. The van der Waals surface area contributed by atoms with E-state index in [0.717, 1.165) is 38.6 Å². The third kappa shape index (κ3) is 11.3. The maximum absolute atomic E-state index is 13.3. The maximum Gasteiger partial charge on any atom is 0.254 e. The fourth-order valence-electron chi connectivity index (χ4n) is 4.31. The molecule has 1 aromatic heterocycles. The van der Waals surface area contributed by atoms with Crippen molar-refractivity contribution in [3.63, 3.8) is 0 Å². The van der Waals surface area contributed by atoms with Crippen molar-refractivity contribution >= 4 is 11.7 Å². The van der Waals surface area contributed by atoms with E-state index in [9.17, 15) is 4.79 Å². The summed E-state index contributed by atoms with van der Waals surface area (Å²) in [7, 11) is 0. The van der Waals surface area contributed by atoms with E-state index in [4.69, 9.17) is 5.73 Å². The summed E-state index contributed by atoms with van der Waals surface area (Å²) in [5.41, 5.74) is 7.80. The number of nitrogens with zero attached hydrogens (tertiary/aromatic N) is 4. The lowest BCUT2D eigenvalue weighted by atomic mass is 9.98. The smallest absolute Gasteiger partial charge is 0.254 e. The first-order valence-electron chi connectivity index (χ1n) is 13.7. The lowest BCUT2D eigenvalue weighted by Gasteiger charge is -2.24. The van der Waals surface area contributed by atoms with Crippen LogP contribution in [0.1, 0.15) is 74.6 Å². The molecule has 0 aliphatic heterocycles. The highest BCUT2D eigenvalue weighted by atomic mass is 16.2. The highest BCUT2D eigenvalue weighted by Crippen LogP contribution is 2.16. The minimum atomic E-state index is -0.115. The second kappa shape index (κ2) is 17.5. The number of amidine groups is 1. The molecule has 0 spiro atoms. The SMILES string of the molecule is C=CN=C(N)CN(Cc1ncc[nH]1)C(=O)c1ccc(CN(CC)CCC(CC)CCNCCCC)cc1. The molecular formula is C29H47N7O. The van der Waals surface area contributed by atoms with Crippen LogP contribution in [-0.2, 0) is 13.1 Å². The van der Waals surface area contributed by atoms with Gasteiger partial charge in [0.25, 0.3) is 5.91 Å². The van der Waals surface area contributed by atoms with Gasteiger partial charge >= 0.3 is 0 Å². The fraction of sp³-hybridized carbons (Fsp3) is 0.552. The molecule has 1 heterocycles. The predicted molar refractivity (Wildman–Crippen MR) is 153 cm³/mol. The lowest BCUT2D eigenvalue weighted by Crippen LogP contribution is -2.38. The minimum absolute atomic E-state index is 0.115. The van der Waals surface area contributed by atoms with Gasteiger partial charge in [0.15, 0.2) is 0 Å². The number of carbonyl (C=O) groups is 1. The highest BCUT2D eigenvalue weighted by molar-refractivity contribution is 5.97. The number of nitrogens with one attached hydrogen (secondary N) is 2. The van der Waals surface area contributed by atoms with Crippen molar-refractivity contribution in [3.8, 4) is 0 Å². The number of aromatic amines is 1. The molecular weight excluding hydrogens is 462 g/mol. The van der Waals surface area contributed by atoms with Gasteiger partial charge in [0.1, 0.15) is 11.7 Å². The molecule has 2 rings (SSSR count). The van der Waals surface area contributed by atoms with Gasteiger partial charge in [-0.05, 0) is 69.1 Å². The zero-order valence-electron chi connectivity index (χ0n) is 23.1. The molecule has 1 amide bonds. The number of H-pyrrole nitrogens is 1. The van der Waals surface area contributed by atoms with E-state index in [1.54, 1.807) is 17.3 Å². The van der Waals surface area contributed by atoms with Gasteiger partial charge in [0.2, 0.25) is 0 Å². The van der Waals surface area contributed by atoms with Crippen LogP contribution < -0.4 is 11.1 Å². The number of hydrogen-bond donors (Lipinski definition) is 3. The molecule has 204 valence electrons. The zero-order chi connectivity index (χ0) is 26.9. The molecule has 1 aromatic carbocycles. The normalized spacial score (nSPS) is 12.6. The van der Waals surface area contributed by atoms with Crippen LogP contribution in [0.4, 0.5) is 0 Å². The minimum Gasteiger partial charge on any atom is -0.386 e. The lowest BCUT2D eigenvalue weighted by molar-refractivity contribution is 0.0764. The molecule has 2 aromatic rings. The van der Waals surface area contributed by atoms with Crippen molar-refractivity contribution in [2.45, 2.75) is 66.0 Å². The number of nitrogens with two attached hydrogens (primary N) is 1. The monoisotopic (exact) mass is 509 g/mol. The van der Waals surface area contributed by atoms with Gasteiger partial charge in [-0.25, -0.2) is 9.98 Å². The number of carbonyl (C=O) groups excluding carboxylic acids is 1. The fourth-order valence-corrected chi connectivity index (χ4v) is 4.31. The molecule has 0 bridgehead atoms. The van der Waals surface area contributed by atoms with Gasteiger partial charge in [0.05, 0.1) is 13.1 Å². The molecule has 1 atom stereocenters. The first kappa shape index (κ1) is 30.3. The molecule has 0 aliphatic carbocycles. The van der Waals surface area contributed by atoms with Crippen LogP contribution in [0.25, 0.3) is 0 Å². The number of aliphatic imine (C=N–C) groups is 1. The maximum atomic E-state index is 13.3. The third-order valence-corrected chi connectivity index (χ3v) is 6.71. The van der Waals surface area contributed by atoms with Crippen molar-refractivity contribution in [1.82, 2.24) is 25.1 Å². The molecule has 8 heteroatoms. The van der Waals surface area contributed by atoms with Gasteiger partial charge in [0, 0.05) is 30.7 Å². The van der Waals surface area contributed by atoms with Crippen LogP contribution in [0, 0.1) is 5.92 Å². The molecule has 0 radical (unpaired) electrons. The Morgan fingerprint density at radius 2 is 1.97 bits per heavy atom. The van der Waals surface area contributed by atoms with Crippen LogP contribution in [0.3, 0.4) is 0 Å². The van der Waals surface area contributed by atoms with E-state index in [-0.39, 0.29) is 12.5 Å². The Kier molecular flexibility index (Phi) is 14.3. The summed E-state index contributed by atoms with van der Waals surface area (Å²) in [5, 5.41) is 3.58. The van der Waals surface area contributed by atoms with Crippen LogP contribution in [0.5, 0.6) is 0 Å². The first-order valence-corrected chi connectivity index (χ1v) is 13.7. The number of rotatable bonds is 19. The highest BCUT2D eigenvalue weighted by Gasteiger charge is 2.19. The van der Waals surface area contributed by atoms with E-state index in [0.29, 0.717) is 23.8 Å². The van der Waals surface area contributed by atoms with E-state index < -0.39 is 0 Å². The summed E-state index contributed by atoms with van der Waals surface area (Å²) < 4.78 is 0. The quantitative estimate of drug-likeness (QED) is 0.146. The van der Waals surface area contributed by atoms with Gasteiger partial charge in [-0.3, -0.25) is 9.69 Å². The summed E-state index contributed by atoms with van der Waals surface area (Å²) in [6.07, 6.45) is 11.0.